The van der Waals surface area contributed by atoms with Gasteiger partial charge in [-0.25, -0.2) is 0 Å². The Hall–Kier alpha value is -2.55. The molecule has 0 aromatic heterocycles. The lowest BCUT2D eigenvalue weighted by Crippen LogP contribution is -2.28. The van der Waals surface area contributed by atoms with Crippen molar-refractivity contribution in [3.63, 3.8) is 0 Å². The molecule has 3 aromatic carbocycles. The van der Waals surface area contributed by atoms with Gasteiger partial charge in [0.1, 0.15) is 12.0 Å². The summed E-state index contributed by atoms with van der Waals surface area (Å²) in [5.41, 5.74) is 5.62. The molecule has 0 aliphatic carbocycles. The molecule has 0 spiro atoms. The molecule has 0 aliphatic rings. The van der Waals surface area contributed by atoms with Gasteiger partial charge in [-0.2, -0.15) is 0 Å². The summed E-state index contributed by atoms with van der Waals surface area (Å²) in [7, 11) is 1.87. The molecule has 2 nitrogen and oxygen atoms in total. The van der Waals surface area contributed by atoms with Crippen LogP contribution in [0.15, 0.2) is 79.4 Å². The highest BCUT2D eigenvalue weighted by Gasteiger charge is 2.22. The SMILES string of the molecule is C=CCCc1cc(Cl)c(OC(C)NC)c(-c2ccccc2)c1-c1ccccc1. The normalized spacial score (nSPS) is 11.8. The minimum Gasteiger partial charge on any atom is -0.473 e. The number of hydrogen-bond acceptors (Lipinski definition) is 2. The van der Waals surface area contributed by atoms with Gasteiger partial charge in [-0.15, -0.1) is 6.58 Å². The lowest BCUT2D eigenvalue weighted by molar-refractivity contribution is 0.195. The third kappa shape index (κ3) is 4.46. The van der Waals surface area contributed by atoms with Gasteiger partial charge in [-0.05, 0) is 55.1 Å². The molecular weight excluding hydrogens is 366 g/mol. The summed E-state index contributed by atoms with van der Waals surface area (Å²) in [4.78, 5) is 0. The van der Waals surface area contributed by atoms with E-state index in [1.54, 1.807) is 0 Å². The molecule has 28 heavy (non-hydrogen) atoms. The monoisotopic (exact) mass is 391 g/mol. The molecule has 3 aromatic rings. The second-order valence-corrected chi connectivity index (χ2v) is 7.11. The van der Waals surface area contributed by atoms with Gasteiger partial charge in [0.05, 0.1) is 5.02 Å². The summed E-state index contributed by atoms with van der Waals surface area (Å²) in [6, 6.07) is 22.8. The van der Waals surface area contributed by atoms with E-state index in [4.69, 9.17) is 16.3 Å². The van der Waals surface area contributed by atoms with Crippen molar-refractivity contribution in [1.29, 1.82) is 0 Å². The van der Waals surface area contributed by atoms with Crippen molar-refractivity contribution < 1.29 is 4.74 Å². The minimum atomic E-state index is -0.164. The lowest BCUT2D eigenvalue weighted by Gasteiger charge is -2.23. The molecule has 0 saturated carbocycles. The van der Waals surface area contributed by atoms with Crippen LogP contribution in [-0.2, 0) is 6.42 Å². The molecule has 0 heterocycles. The second-order valence-electron chi connectivity index (χ2n) is 6.70. The van der Waals surface area contributed by atoms with Crippen molar-refractivity contribution >= 4 is 11.6 Å². The molecule has 0 bridgehead atoms. The number of nitrogens with one attached hydrogen (secondary N) is 1. The van der Waals surface area contributed by atoms with E-state index in [2.05, 4.69) is 48.3 Å². The molecule has 1 N–H and O–H groups in total. The lowest BCUT2D eigenvalue weighted by atomic mass is 9.88. The molecule has 144 valence electrons. The average molecular weight is 392 g/mol. The van der Waals surface area contributed by atoms with E-state index in [0.717, 1.165) is 35.1 Å². The Morgan fingerprint density at radius 1 is 1.00 bits per heavy atom. The summed E-state index contributed by atoms with van der Waals surface area (Å²) >= 11 is 6.75. The summed E-state index contributed by atoms with van der Waals surface area (Å²) in [5, 5.41) is 3.76. The fourth-order valence-corrected chi connectivity index (χ4v) is 3.58. The van der Waals surface area contributed by atoms with Crippen LogP contribution in [0.1, 0.15) is 18.9 Å². The number of aryl methyl sites for hydroxylation is 1. The zero-order valence-corrected chi connectivity index (χ0v) is 17.2. The van der Waals surface area contributed by atoms with E-state index in [9.17, 15) is 0 Å². The van der Waals surface area contributed by atoms with Crippen molar-refractivity contribution in [3.8, 4) is 28.0 Å². The Morgan fingerprint density at radius 2 is 1.57 bits per heavy atom. The van der Waals surface area contributed by atoms with Crippen molar-refractivity contribution in [2.75, 3.05) is 7.05 Å². The average Bonchev–Trinajstić information content (AvgIpc) is 2.74. The maximum absolute atomic E-state index is 6.75. The van der Waals surface area contributed by atoms with E-state index >= 15 is 0 Å². The number of hydrogen-bond donors (Lipinski definition) is 1. The van der Waals surface area contributed by atoms with Crippen LogP contribution in [0, 0.1) is 0 Å². The van der Waals surface area contributed by atoms with Crippen LogP contribution in [0.3, 0.4) is 0 Å². The fraction of sp³-hybridized carbons (Fsp3) is 0.200. The first-order valence-corrected chi connectivity index (χ1v) is 9.94. The smallest absolute Gasteiger partial charge is 0.148 e. The molecule has 3 heteroatoms. The first-order valence-electron chi connectivity index (χ1n) is 9.56. The summed E-state index contributed by atoms with van der Waals surface area (Å²) < 4.78 is 6.24. The highest BCUT2D eigenvalue weighted by atomic mass is 35.5. The van der Waals surface area contributed by atoms with Crippen molar-refractivity contribution in [1.82, 2.24) is 5.32 Å². The van der Waals surface area contributed by atoms with Crippen LogP contribution in [0.5, 0.6) is 5.75 Å². The Bertz CT molecular complexity index is 922. The highest BCUT2D eigenvalue weighted by Crippen LogP contribution is 2.46. The number of halogens is 1. The van der Waals surface area contributed by atoms with E-state index in [1.165, 1.54) is 5.56 Å². The zero-order valence-electron chi connectivity index (χ0n) is 16.4. The zero-order chi connectivity index (χ0) is 19.9. The van der Waals surface area contributed by atoms with Gasteiger partial charge in [0.25, 0.3) is 0 Å². The summed E-state index contributed by atoms with van der Waals surface area (Å²) in [6.07, 6.45) is 3.54. The third-order valence-electron chi connectivity index (χ3n) is 4.76. The molecule has 0 saturated heterocycles. The van der Waals surface area contributed by atoms with Gasteiger partial charge in [0.15, 0.2) is 0 Å². The van der Waals surface area contributed by atoms with E-state index in [0.29, 0.717) is 10.8 Å². The van der Waals surface area contributed by atoms with Crippen molar-refractivity contribution in [2.45, 2.75) is 26.0 Å². The van der Waals surface area contributed by atoms with Crippen LogP contribution < -0.4 is 10.1 Å². The molecule has 1 unspecified atom stereocenters. The quantitative estimate of drug-likeness (QED) is 0.339. The molecule has 0 amide bonds. The van der Waals surface area contributed by atoms with Crippen LogP contribution in [0.2, 0.25) is 5.02 Å². The predicted octanol–water partition coefficient (Wildman–Crippen LogP) is 6.74. The van der Waals surface area contributed by atoms with Gasteiger partial charge in [0, 0.05) is 5.56 Å². The maximum Gasteiger partial charge on any atom is 0.148 e. The van der Waals surface area contributed by atoms with Crippen molar-refractivity contribution in [2.24, 2.45) is 0 Å². The highest BCUT2D eigenvalue weighted by molar-refractivity contribution is 6.33. The number of rotatable bonds is 8. The minimum absolute atomic E-state index is 0.164. The molecule has 1 atom stereocenters. The van der Waals surface area contributed by atoms with Gasteiger partial charge in [-0.1, -0.05) is 78.3 Å². The Labute approximate surface area is 172 Å². The summed E-state index contributed by atoms with van der Waals surface area (Å²) in [5.74, 6) is 0.705. The van der Waals surface area contributed by atoms with E-state index in [1.807, 2.05) is 50.4 Å². The largest absolute Gasteiger partial charge is 0.473 e. The topological polar surface area (TPSA) is 21.3 Å². The fourth-order valence-electron chi connectivity index (χ4n) is 3.30. The van der Waals surface area contributed by atoms with Gasteiger partial charge < -0.3 is 4.74 Å². The second kappa shape index (κ2) is 9.59. The molecule has 0 radical (unpaired) electrons. The molecule has 0 aliphatic heterocycles. The molecular formula is C25H26ClNO. The van der Waals surface area contributed by atoms with Gasteiger partial charge in [0.2, 0.25) is 0 Å². The van der Waals surface area contributed by atoms with E-state index in [-0.39, 0.29) is 6.23 Å². The number of benzene rings is 3. The third-order valence-corrected chi connectivity index (χ3v) is 5.04. The standard InChI is InChI=1S/C25H26ClNO/c1-4-5-12-21-17-22(26)25(28-18(2)27-3)24(20-15-10-7-11-16-20)23(21)19-13-8-6-9-14-19/h4,6-11,13-18,27H,1,5,12H2,2-3H3. The van der Waals surface area contributed by atoms with Crippen molar-refractivity contribution in [3.05, 3.63) is 90.0 Å². The van der Waals surface area contributed by atoms with Crippen LogP contribution >= 0.6 is 11.6 Å². The Kier molecular flexibility index (Phi) is 6.91. The van der Waals surface area contributed by atoms with Gasteiger partial charge >= 0.3 is 0 Å². The predicted molar refractivity (Wildman–Crippen MR) is 120 cm³/mol. The first kappa shape index (κ1) is 20.2. The Morgan fingerprint density at radius 3 is 2.11 bits per heavy atom. The van der Waals surface area contributed by atoms with E-state index < -0.39 is 0 Å². The van der Waals surface area contributed by atoms with Crippen LogP contribution in [0.25, 0.3) is 22.3 Å². The van der Waals surface area contributed by atoms with Crippen LogP contribution in [-0.4, -0.2) is 13.3 Å². The van der Waals surface area contributed by atoms with Crippen LogP contribution in [0.4, 0.5) is 0 Å². The molecule has 3 rings (SSSR count). The van der Waals surface area contributed by atoms with Gasteiger partial charge in [-0.3, -0.25) is 5.32 Å². The molecule has 0 fully saturated rings. The number of ether oxygens (including phenoxy) is 1. The Balaban J connectivity index is 2.34. The first-order chi connectivity index (χ1) is 13.7. The summed E-state index contributed by atoms with van der Waals surface area (Å²) in [6.45, 7) is 5.85. The number of allylic oxidation sites excluding steroid dienone is 1. The maximum atomic E-state index is 6.75.